The molecule has 2 N–H and O–H groups in total. The van der Waals surface area contributed by atoms with E-state index < -0.39 is 17.3 Å². The Morgan fingerprint density at radius 1 is 1.35 bits per heavy atom. The Morgan fingerprint density at radius 3 is 2.73 bits per heavy atom. The summed E-state index contributed by atoms with van der Waals surface area (Å²) in [5.41, 5.74) is -1.66. The molecule has 0 saturated heterocycles. The Hall–Kier alpha value is -2.55. The molecule has 0 fully saturated rings. The minimum Gasteiger partial charge on any atom is -0.373 e. The SMILES string of the molecule is CCCNC(=O)CNc1cnn(-c2cccc(C(F)(F)F)c2)c(=O)c1Cl. The van der Waals surface area contributed by atoms with E-state index in [9.17, 15) is 22.8 Å². The maximum absolute atomic E-state index is 12.8. The summed E-state index contributed by atoms with van der Waals surface area (Å²) in [6, 6.07) is 4.17. The van der Waals surface area contributed by atoms with Gasteiger partial charge in [-0.15, -0.1) is 0 Å². The minimum atomic E-state index is -4.54. The van der Waals surface area contributed by atoms with E-state index in [0.717, 1.165) is 23.2 Å². The molecule has 1 aromatic heterocycles. The van der Waals surface area contributed by atoms with Gasteiger partial charge < -0.3 is 10.6 Å². The molecular formula is C16H16ClF3N4O2. The van der Waals surface area contributed by atoms with E-state index in [4.69, 9.17) is 11.6 Å². The van der Waals surface area contributed by atoms with Crippen molar-refractivity contribution in [2.24, 2.45) is 0 Å². The first-order chi connectivity index (χ1) is 12.2. The van der Waals surface area contributed by atoms with Gasteiger partial charge in [0.05, 0.1) is 29.7 Å². The van der Waals surface area contributed by atoms with Crippen LogP contribution in [0.1, 0.15) is 18.9 Å². The van der Waals surface area contributed by atoms with Gasteiger partial charge in [-0.25, -0.2) is 0 Å². The van der Waals surface area contributed by atoms with Crippen molar-refractivity contribution in [3.63, 3.8) is 0 Å². The Balaban J connectivity index is 2.25. The number of nitrogens with one attached hydrogen (secondary N) is 2. The van der Waals surface area contributed by atoms with E-state index in [-0.39, 0.29) is 28.8 Å². The molecule has 0 saturated carbocycles. The molecule has 6 nitrogen and oxygen atoms in total. The second kappa shape index (κ2) is 8.22. The monoisotopic (exact) mass is 388 g/mol. The zero-order valence-corrected chi connectivity index (χ0v) is 14.5. The first kappa shape index (κ1) is 19.8. The highest BCUT2D eigenvalue weighted by atomic mass is 35.5. The molecule has 2 aromatic rings. The fourth-order valence-electron chi connectivity index (χ4n) is 2.06. The lowest BCUT2D eigenvalue weighted by molar-refractivity contribution is -0.137. The average molecular weight is 389 g/mol. The van der Waals surface area contributed by atoms with Gasteiger partial charge >= 0.3 is 6.18 Å². The highest BCUT2D eigenvalue weighted by Gasteiger charge is 2.30. The quantitative estimate of drug-likeness (QED) is 0.798. The molecule has 0 radical (unpaired) electrons. The van der Waals surface area contributed by atoms with Crippen molar-refractivity contribution in [1.29, 1.82) is 0 Å². The zero-order valence-electron chi connectivity index (χ0n) is 13.7. The Labute approximate surface area is 152 Å². The maximum Gasteiger partial charge on any atom is 0.416 e. The fraction of sp³-hybridized carbons (Fsp3) is 0.312. The number of rotatable bonds is 6. The third kappa shape index (κ3) is 4.75. The number of halogens is 4. The number of anilines is 1. The van der Waals surface area contributed by atoms with Crippen molar-refractivity contribution >= 4 is 23.2 Å². The van der Waals surface area contributed by atoms with Crippen LogP contribution in [-0.2, 0) is 11.0 Å². The van der Waals surface area contributed by atoms with Crippen molar-refractivity contribution in [2.75, 3.05) is 18.4 Å². The highest BCUT2D eigenvalue weighted by Crippen LogP contribution is 2.30. The molecule has 0 aliphatic heterocycles. The molecule has 0 aliphatic carbocycles. The van der Waals surface area contributed by atoms with E-state index >= 15 is 0 Å². The van der Waals surface area contributed by atoms with Crippen molar-refractivity contribution in [2.45, 2.75) is 19.5 Å². The van der Waals surface area contributed by atoms with Crippen molar-refractivity contribution in [3.8, 4) is 5.69 Å². The fourth-order valence-corrected chi connectivity index (χ4v) is 2.25. The van der Waals surface area contributed by atoms with Crippen LogP contribution in [0.25, 0.3) is 5.69 Å². The Morgan fingerprint density at radius 2 is 2.08 bits per heavy atom. The second-order valence-corrected chi connectivity index (χ2v) is 5.72. The first-order valence-corrected chi connectivity index (χ1v) is 8.08. The molecule has 10 heteroatoms. The molecule has 1 amide bonds. The van der Waals surface area contributed by atoms with E-state index in [1.807, 2.05) is 6.92 Å². The van der Waals surface area contributed by atoms with Gasteiger partial charge in [-0.05, 0) is 24.6 Å². The van der Waals surface area contributed by atoms with Gasteiger partial charge in [0, 0.05) is 6.54 Å². The predicted octanol–water partition coefficient (Wildman–Crippen LogP) is 2.84. The van der Waals surface area contributed by atoms with E-state index in [0.29, 0.717) is 6.54 Å². The molecule has 26 heavy (non-hydrogen) atoms. The van der Waals surface area contributed by atoms with E-state index in [1.165, 1.54) is 18.3 Å². The molecular weight excluding hydrogens is 373 g/mol. The maximum atomic E-state index is 12.8. The average Bonchev–Trinajstić information content (AvgIpc) is 2.60. The molecule has 2 rings (SSSR count). The van der Waals surface area contributed by atoms with Gasteiger partial charge in [-0.1, -0.05) is 24.6 Å². The largest absolute Gasteiger partial charge is 0.416 e. The zero-order chi connectivity index (χ0) is 19.3. The summed E-state index contributed by atoms with van der Waals surface area (Å²) >= 11 is 5.98. The third-order valence-corrected chi connectivity index (χ3v) is 3.71. The van der Waals surface area contributed by atoms with Gasteiger partial charge in [-0.3, -0.25) is 9.59 Å². The van der Waals surface area contributed by atoms with Gasteiger partial charge in [-0.2, -0.15) is 23.0 Å². The van der Waals surface area contributed by atoms with Gasteiger partial charge in [0.25, 0.3) is 5.56 Å². The van der Waals surface area contributed by atoms with Gasteiger partial charge in [0.2, 0.25) is 5.91 Å². The first-order valence-electron chi connectivity index (χ1n) is 7.70. The summed E-state index contributed by atoms with van der Waals surface area (Å²) in [6.45, 7) is 2.31. The number of benzene rings is 1. The minimum absolute atomic E-state index is 0.0704. The van der Waals surface area contributed by atoms with Crippen LogP contribution >= 0.6 is 11.6 Å². The Bertz CT molecular complexity index is 852. The van der Waals surface area contributed by atoms with Crippen LogP contribution in [0.15, 0.2) is 35.3 Å². The Kier molecular flexibility index (Phi) is 6.25. The van der Waals surface area contributed by atoms with E-state index in [1.54, 1.807) is 0 Å². The molecule has 0 aliphatic rings. The number of nitrogens with zero attached hydrogens (tertiary/aromatic N) is 2. The van der Waals surface area contributed by atoms with Crippen LogP contribution in [0.2, 0.25) is 5.02 Å². The summed E-state index contributed by atoms with van der Waals surface area (Å²) < 4.78 is 39.2. The standard InChI is InChI=1S/C16H16ClF3N4O2/c1-2-6-21-13(25)9-22-12-8-23-24(15(26)14(12)17)11-5-3-4-10(7-11)16(18,19)20/h3-5,7-8,22H,2,6,9H2,1H3,(H,21,25). The number of amides is 1. The number of carbonyl (C=O) groups is 1. The number of aromatic nitrogens is 2. The van der Waals surface area contributed by atoms with Crippen LogP contribution in [0, 0.1) is 0 Å². The van der Waals surface area contributed by atoms with Crippen LogP contribution in [0.5, 0.6) is 0 Å². The molecule has 1 heterocycles. The van der Waals surface area contributed by atoms with Crippen LogP contribution in [0.4, 0.5) is 18.9 Å². The smallest absolute Gasteiger partial charge is 0.373 e. The number of alkyl halides is 3. The lowest BCUT2D eigenvalue weighted by Crippen LogP contribution is -2.31. The number of hydrogen-bond acceptors (Lipinski definition) is 4. The molecule has 0 atom stereocenters. The van der Waals surface area contributed by atoms with Gasteiger partial charge in [0.1, 0.15) is 5.02 Å². The summed E-state index contributed by atoms with van der Waals surface area (Å²) in [6.07, 6.45) is -2.59. The summed E-state index contributed by atoms with van der Waals surface area (Å²) in [4.78, 5) is 23.9. The van der Waals surface area contributed by atoms with E-state index in [2.05, 4.69) is 15.7 Å². The molecule has 0 unspecified atom stereocenters. The number of carbonyl (C=O) groups excluding carboxylic acids is 1. The second-order valence-electron chi connectivity index (χ2n) is 5.34. The van der Waals surface area contributed by atoms with Crippen LogP contribution in [-0.4, -0.2) is 28.8 Å². The van der Waals surface area contributed by atoms with Crippen LogP contribution in [0.3, 0.4) is 0 Å². The molecule has 140 valence electrons. The molecule has 0 spiro atoms. The summed E-state index contributed by atoms with van der Waals surface area (Å²) in [7, 11) is 0. The predicted molar refractivity (Wildman–Crippen MR) is 91.6 cm³/mol. The van der Waals surface area contributed by atoms with Crippen molar-refractivity contribution in [3.05, 3.63) is 51.4 Å². The van der Waals surface area contributed by atoms with Crippen molar-refractivity contribution in [1.82, 2.24) is 15.1 Å². The summed E-state index contributed by atoms with van der Waals surface area (Å²) in [5, 5.41) is 8.87. The van der Waals surface area contributed by atoms with Crippen molar-refractivity contribution < 1.29 is 18.0 Å². The third-order valence-electron chi connectivity index (χ3n) is 3.35. The topological polar surface area (TPSA) is 76.0 Å². The molecule has 0 bridgehead atoms. The lowest BCUT2D eigenvalue weighted by atomic mass is 10.2. The van der Waals surface area contributed by atoms with Gasteiger partial charge in [0.15, 0.2) is 0 Å². The normalized spacial score (nSPS) is 11.3. The lowest BCUT2D eigenvalue weighted by Gasteiger charge is -2.12. The number of hydrogen-bond donors (Lipinski definition) is 2. The molecule has 1 aromatic carbocycles. The highest BCUT2D eigenvalue weighted by molar-refractivity contribution is 6.33. The summed E-state index contributed by atoms with van der Waals surface area (Å²) in [5.74, 6) is -0.287. The van der Waals surface area contributed by atoms with Crippen LogP contribution < -0.4 is 16.2 Å².